The number of carbonyl (C=O) groups excluding carboxylic acids is 1. The predicted molar refractivity (Wildman–Crippen MR) is 94.6 cm³/mol. The molecule has 0 atom stereocenters. The fraction of sp³-hybridized carbons (Fsp3) is 0.353. The fourth-order valence-corrected chi connectivity index (χ4v) is 4.17. The normalized spacial score (nSPS) is 13.5. The fourth-order valence-electron chi connectivity index (χ4n) is 3.07. The molecule has 0 aromatic carbocycles. The van der Waals surface area contributed by atoms with Crippen LogP contribution in [0.3, 0.4) is 0 Å². The van der Waals surface area contributed by atoms with E-state index in [0.717, 1.165) is 23.5 Å². The smallest absolute Gasteiger partial charge is 0.264 e. The van der Waals surface area contributed by atoms with Gasteiger partial charge in [0.25, 0.3) is 11.5 Å². The zero-order valence-electron chi connectivity index (χ0n) is 14.2. The molecule has 8 heteroatoms. The van der Waals surface area contributed by atoms with Gasteiger partial charge in [-0.15, -0.1) is 11.3 Å². The van der Waals surface area contributed by atoms with E-state index in [9.17, 15) is 9.59 Å². The topological polar surface area (TPSA) is 81.0 Å². The van der Waals surface area contributed by atoms with Crippen molar-refractivity contribution in [2.45, 2.75) is 33.4 Å². The highest BCUT2D eigenvalue weighted by Gasteiger charge is 2.29. The van der Waals surface area contributed by atoms with Crippen LogP contribution in [0.2, 0.25) is 0 Å². The molecule has 0 saturated heterocycles. The molecule has 0 bridgehead atoms. The van der Waals surface area contributed by atoms with Crippen molar-refractivity contribution in [3.63, 3.8) is 0 Å². The van der Waals surface area contributed by atoms with E-state index in [0.29, 0.717) is 33.7 Å². The van der Waals surface area contributed by atoms with Gasteiger partial charge in [0.2, 0.25) is 0 Å². The van der Waals surface area contributed by atoms with E-state index < -0.39 is 0 Å². The quantitative estimate of drug-likeness (QED) is 0.700. The molecule has 0 spiro atoms. The molecule has 3 aromatic rings. The summed E-state index contributed by atoms with van der Waals surface area (Å²) in [6.07, 6.45) is 4.07. The van der Waals surface area contributed by atoms with Crippen molar-refractivity contribution in [1.29, 1.82) is 0 Å². The number of hydrogen-bond donors (Lipinski definition) is 0. The monoisotopic (exact) mass is 355 g/mol. The number of thiophene rings is 1. The number of nitrogens with zero attached hydrogens (tertiary/aromatic N) is 5. The molecule has 1 aliphatic rings. The van der Waals surface area contributed by atoms with Gasteiger partial charge in [-0.25, -0.2) is 15.0 Å². The highest BCUT2D eigenvalue weighted by atomic mass is 32.1. The molecule has 0 saturated carbocycles. The van der Waals surface area contributed by atoms with Crippen molar-refractivity contribution in [3.8, 4) is 0 Å². The second kappa shape index (κ2) is 5.73. The number of fused-ring (bicyclic) bond motifs is 2. The number of hydrogen-bond acceptors (Lipinski definition) is 6. The van der Waals surface area contributed by atoms with Crippen LogP contribution in [-0.2, 0) is 26.6 Å². The van der Waals surface area contributed by atoms with E-state index in [2.05, 4.69) is 15.0 Å². The molecule has 0 N–H and O–H groups in total. The van der Waals surface area contributed by atoms with Gasteiger partial charge < -0.3 is 9.47 Å². The minimum Gasteiger partial charge on any atom is -0.328 e. The lowest BCUT2D eigenvalue weighted by molar-refractivity contribution is 0.0754. The van der Waals surface area contributed by atoms with Crippen LogP contribution in [0.15, 0.2) is 17.3 Å². The molecule has 4 heterocycles. The van der Waals surface area contributed by atoms with E-state index in [4.69, 9.17) is 0 Å². The van der Waals surface area contributed by atoms with Crippen molar-refractivity contribution < 1.29 is 4.79 Å². The number of rotatable bonds is 2. The summed E-state index contributed by atoms with van der Waals surface area (Å²) in [5.74, 6) is 0.706. The molecule has 128 valence electrons. The van der Waals surface area contributed by atoms with Crippen LogP contribution in [0.1, 0.15) is 39.2 Å². The number of amides is 1. The first-order valence-electron chi connectivity index (χ1n) is 8.07. The SMILES string of the molecule is CCc1ncc2c(n1)CN(C(=O)c1sc3ncn(C)c(=O)c3c1C)C2. The van der Waals surface area contributed by atoms with Gasteiger partial charge in [-0.05, 0) is 12.5 Å². The second-order valence-corrected chi connectivity index (χ2v) is 7.17. The third-order valence-electron chi connectivity index (χ3n) is 4.51. The van der Waals surface area contributed by atoms with Crippen molar-refractivity contribution in [2.24, 2.45) is 7.05 Å². The molecule has 0 fully saturated rings. The molecule has 1 aliphatic heterocycles. The Morgan fingerprint density at radius 1 is 1.32 bits per heavy atom. The summed E-state index contributed by atoms with van der Waals surface area (Å²) in [4.78, 5) is 41.4. The zero-order valence-corrected chi connectivity index (χ0v) is 15.1. The van der Waals surface area contributed by atoms with Crippen LogP contribution in [0.5, 0.6) is 0 Å². The maximum atomic E-state index is 13.0. The van der Waals surface area contributed by atoms with Crippen molar-refractivity contribution >= 4 is 27.5 Å². The first kappa shape index (κ1) is 15.9. The van der Waals surface area contributed by atoms with Gasteiger partial charge in [0.1, 0.15) is 10.7 Å². The molecule has 0 radical (unpaired) electrons. The number of aryl methyl sites for hydroxylation is 3. The standard InChI is InChI=1S/C17H17N5O2S/c1-4-12-18-5-10-6-22(7-11(10)20-12)17(24)14-9(2)13-15(25-14)19-8-21(3)16(13)23/h5,8H,4,6-7H2,1-3H3. The summed E-state index contributed by atoms with van der Waals surface area (Å²) in [6, 6.07) is 0. The van der Waals surface area contributed by atoms with Gasteiger partial charge in [0, 0.05) is 31.8 Å². The summed E-state index contributed by atoms with van der Waals surface area (Å²) in [7, 11) is 1.66. The van der Waals surface area contributed by atoms with Crippen LogP contribution in [-0.4, -0.2) is 30.3 Å². The van der Waals surface area contributed by atoms with E-state index in [1.165, 1.54) is 22.2 Å². The summed E-state index contributed by atoms with van der Waals surface area (Å²) in [6.45, 7) is 4.79. The Hall–Kier alpha value is -2.61. The highest BCUT2D eigenvalue weighted by Crippen LogP contribution is 2.30. The Morgan fingerprint density at radius 3 is 2.88 bits per heavy atom. The van der Waals surface area contributed by atoms with E-state index in [-0.39, 0.29) is 11.5 Å². The second-order valence-electron chi connectivity index (χ2n) is 6.17. The zero-order chi connectivity index (χ0) is 17.7. The minimum atomic E-state index is -0.124. The third kappa shape index (κ3) is 2.44. The van der Waals surface area contributed by atoms with Gasteiger partial charge in [-0.1, -0.05) is 6.92 Å². The van der Waals surface area contributed by atoms with Gasteiger partial charge in [0.15, 0.2) is 0 Å². The maximum absolute atomic E-state index is 13.0. The Kier molecular flexibility index (Phi) is 3.64. The molecule has 1 amide bonds. The average molecular weight is 355 g/mol. The Balaban J connectivity index is 1.71. The van der Waals surface area contributed by atoms with Crippen LogP contribution < -0.4 is 5.56 Å². The largest absolute Gasteiger partial charge is 0.328 e. The Bertz CT molecular complexity index is 1070. The van der Waals surface area contributed by atoms with Crippen molar-refractivity contribution in [1.82, 2.24) is 24.4 Å². The first-order chi connectivity index (χ1) is 12.0. The molecule has 4 rings (SSSR count). The molecule has 25 heavy (non-hydrogen) atoms. The van der Waals surface area contributed by atoms with Crippen molar-refractivity contribution in [3.05, 3.63) is 50.4 Å². The third-order valence-corrected chi connectivity index (χ3v) is 5.70. The van der Waals surface area contributed by atoms with Crippen LogP contribution >= 0.6 is 11.3 Å². The van der Waals surface area contributed by atoms with E-state index in [1.54, 1.807) is 11.9 Å². The molecule has 7 nitrogen and oxygen atoms in total. The Labute approximate surface area is 148 Å². The number of aromatic nitrogens is 4. The molecule has 3 aromatic heterocycles. The molecule has 0 unspecified atom stereocenters. The first-order valence-corrected chi connectivity index (χ1v) is 8.89. The van der Waals surface area contributed by atoms with Crippen LogP contribution in [0.4, 0.5) is 0 Å². The number of carbonyl (C=O) groups is 1. The lowest BCUT2D eigenvalue weighted by Gasteiger charge is -2.14. The van der Waals surface area contributed by atoms with Gasteiger partial charge >= 0.3 is 0 Å². The van der Waals surface area contributed by atoms with Gasteiger partial charge in [-0.2, -0.15) is 0 Å². The summed E-state index contributed by atoms with van der Waals surface area (Å²) < 4.78 is 1.43. The maximum Gasteiger partial charge on any atom is 0.264 e. The molecule has 0 aliphatic carbocycles. The average Bonchev–Trinajstić information content (AvgIpc) is 3.18. The van der Waals surface area contributed by atoms with Gasteiger partial charge in [0.05, 0.1) is 28.8 Å². The van der Waals surface area contributed by atoms with E-state index in [1.807, 2.05) is 20.0 Å². The summed E-state index contributed by atoms with van der Waals surface area (Å²) >= 11 is 1.28. The van der Waals surface area contributed by atoms with Crippen LogP contribution in [0.25, 0.3) is 10.2 Å². The van der Waals surface area contributed by atoms with E-state index >= 15 is 0 Å². The van der Waals surface area contributed by atoms with Crippen molar-refractivity contribution in [2.75, 3.05) is 0 Å². The summed E-state index contributed by atoms with van der Waals surface area (Å²) in [5, 5.41) is 0.531. The highest BCUT2D eigenvalue weighted by molar-refractivity contribution is 7.20. The lowest BCUT2D eigenvalue weighted by atomic mass is 10.2. The molecular weight excluding hydrogens is 338 g/mol. The lowest BCUT2D eigenvalue weighted by Crippen LogP contribution is -2.25. The summed E-state index contributed by atoms with van der Waals surface area (Å²) in [5.41, 5.74) is 2.47. The minimum absolute atomic E-state index is 0.0846. The molecular formula is C17H17N5O2S. The van der Waals surface area contributed by atoms with Gasteiger partial charge in [-0.3, -0.25) is 9.59 Å². The van der Waals surface area contributed by atoms with Crippen LogP contribution in [0, 0.1) is 6.92 Å². The Morgan fingerprint density at radius 2 is 2.12 bits per heavy atom. The predicted octanol–water partition coefficient (Wildman–Crippen LogP) is 1.81.